The van der Waals surface area contributed by atoms with Gasteiger partial charge in [0.05, 0.1) is 0 Å². The summed E-state index contributed by atoms with van der Waals surface area (Å²) in [4.78, 5) is 0. The van der Waals surface area contributed by atoms with Gasteiger partial charge in [-0.05, 0) is 0 Å². The van der Waals surface area contributed by atoms with E-state index in [1.807, 2.05) is 0 Å². The van der Waals surface area contributed by atoms with Gasteiger partial charge in [-0.1, -0.05) is 0 Å². The van der Waals surface area contributed by atoms with Gasteiger partial charge in [0.2, 0.25) is 0 Å². The summed E-state index contributed by atoms with van der Waals surface area (Å²) < 4.78 is 6.27. The fourth-order valence-corrected chi connectivity index (χ4v) is 22.2. The molecule has 0 spiro atoms. The average Bonchev–Trinajstić information content (AvgIpc) is 2.77. The van der Waals surface area contributed by atoms with Crippen molar-refractivity contribution in [1.82, 2.24) is 0 Å². The van der Waals surface area contributed by atoms with Crippen LogP contribution in [-0.2, 0) is 0 Å². The summed E-state index contributed by atoms with van der Waals surface area (Å²) in [5.74, 6) is 0. The third kappa shape index (κ3) is 3.83. The van der Waals surface area contributed by atoms with Crippen LogP contribution >= 0.6 is 0 Å². The van der Waals surface area contributed by atoms with E-state index in [9.17, 15) is 0 Å². The first-order valence-electron chi connectivity index (χ1n) is 11.5. The zero-order valence-electron chi connectivity index (χ0n) is 20.5. The summed E-state index contributed by atoms with van der Waals surface area (Å²) in [5.41, 5.74) is 9.72. The molecular formula is C31H34Sn. The summed E-state index contributed by atoms with van der Waals surface area (Å²) in [6.07, 6.45) is 0. The fraction of sp³-hybridized carbons (Fsp3) is 0.226. The van der Waals surface area contributed by atoms with Gasteiger partial charge in [-0.15, -0.1) is 0 Å². The molecule has 4 aromatic rings. The van der Waals surface area contributed by atoms with Crippen molar-refractivity contribution in [3.05, 3.63) is 118 Å². The molecule has 162 valence electrons. The van der Waals surface area contributed by atoms with Crippen molar-refractivity contribution in [2.45, 2.75) is 48.5 Å². The van der Waals surface area contributed by atoms with Gasteiger partial charge in [-0.25, -0.2) is 0 Å². The topological polar surface area (TPSA) is 0 Å². The number of hydrogen-bond donors (Lipinski definition) is 0. The summed E-state index contributed by atoms with van der Waals surface area (Å²) >= 11 is -3.67. The SMILES string of the molecule is Cc1ccc(C)[c]([Sn]([c]2ccccc2)([c]2cc(C)ccc2C)[c]2cc(C)cc(C)c2C)c1. The zero-order chi connectivity index (χ0) is 23.0. The van der Waals surface area contributed by atoms with E-state index in [4.69, 9.17) is 0 Å². The molecule has 0 aliphatic heterocycles. The molecule has 0 aliphatic rings. The second kappa shape index (κ2) is 8.90. The van der Waals surface area contributed by atoms with E-state index >= 15 is 0 Å². The Morgan fingerprint density at radius 1 is 0.438 bits per heavy atom. The van der Waals surface area contributed by atoms with Crippen molar-refractivity contribution in [2.24, 2.45) is 0 Å². The zero-order valence-corrected chi connectivity index (χ0v) is 23.4. The predicted octanol–water partition coefficient (Wildman–Crippen LogP) is 5.22. The molecule has 0 heterocycles. The Kier molecular flexibility index (Phi) is 6.36. The molecule has 0 aliphatic carbocycles. The van der Waals surface area contributed by atoms with Crippen molar-refractivity contribution in [2.75, 3.05) is 0 Å². The minimum absolute atomic E-state index is 1.34. The molecule has 0 saturated carbocycles. The molecule has 0 aromatic heterocycles. The Hall–Kier alpha value is -2.32. The van der Waals surface area contributed by atoms with Gasteiger partial charge in [-0.3, -0.25) is 0 Å². The van der Waals surface area contributed by atoms with Crippen LogP contribution in [0.5, 0.6) is 0 Å². The van der Waals surface area contributed by atoms with E-state index in [0.717, 1.165) is 0 Å². The summed E-state index contributed by atoms with van der Waals surface area (Å²) in [7, 11) is 0. The van der Waals surface area contributed by atoms with E-state index in [1.54, 1.807) is 10.7 Å². The molecule has 0 saturated heterocycles. The van der Waals surface area contributed by atoms with E-state index in [2.05, 4.69) is 127 Å². The Bertz CT molecular complexity index is 1230. The first kappa shape index (κ1) is 22.9. The molecule has 0 unspecified atom stereocenters. The van der Waals surface area contributed by atoms with Crippen LogP contribution in [-0.4, -0.2) is 18.4 Å². The maximum atomic E-state index is 2.51. The molecule has 32 heavy (non-hydrogen) atoms. The van der Waals surface area contributed by atoms with Crippen LogP contribution in [0.25, 0.3) is 0 Å². The van der Waals surface area contributed by atoms with E-state index in [0.29, 0.717) is 0 Å². The second-order valence-electron chi connectivity index (χ2n) is 9.51. The first-order chi connectivity index (χ1) is 15.2. The standard InChI is InChI=1S/C9H11.2C8H9.C6H5.Sn/c1-7-4-5-8(2)9(3)6-7;2*1-7-3-5-8(2)6-4-7;1-2-4-6-5-3-1;/h4,6H,1-3H3;2*3-5H,1-2H3;1-5H;. The average molecular weight is 525 g/mol. The van der Waals surface area contributed by atoms with E-state index in [1.165, 1.54) is 42.5 Å². The van der Waals surface area contributed by atoms with Gasteiger partial charge in [0.15, 0.2) is 0 Å². The molecule has 0 N–H and O–H groups in total. The summed E-state index contributed by atoms with van der Waals surface area (Å²) in [6, 6.07) is 30.5. The van der Waals surface area contributed by atoms with Crippen molar-refractivity contribution in [3.63, 3.8) is 0 Å². The summed E-state index contributed by atoms with van der Waals surface area (Å²) in [6.45, 7) is 16.0. The van der Waals surface area contributed by atoms with Crippen LogP contribution in [0.15, 0.2) is 78.9 Å². The Morgan fingerprint density at radius 2 is 0.938 bits per heavy atom. The van der Waals surface area contributed by atoms with Crippen LogP contribution in [0.4, 0.5) is 0 Å². The van der Waals surface area contributed by atoms with E-state index < -0.39 is 18.4 Å². The predicted molar refractivity (Wildman–Crippen MR) is 143 cm³/mol. The normalized spacial score (nSPS) is 11.6. The third-order valence-electron chi connectivity index (χ3n) is 7.02. The van der Waals surface area contributed by atoms with Crippen LogP contribution in [0.1, 0.15) is 38.9 Å². The van der Waals surface area contributed by atoms with Crippen molar-refractivity contribution < 1.29 is 0 Å². The van der Waals surface area contributed by atoms with Crippen molar-refractivity contribution >= 4 is 32.7 Å². The monoisotopic (exact) mass is 526 g/mol. The maximum absolute atomic E-state index is 3.67. The third-order valence-corrected chi connectivity index (χ3v) is 21.9. The molecule has 0 radical (unpaired) electrons. The van der Waals surface area contributed by atoms with Crippen LogP contribution in [0.2, 0.25) is 0 Å². The van der Waals surface area contributed by atoms with Crippen LogP contribution in [0.3, 0.4) is 0 Å². The van der Waals surface area contributed by atoms with Gasteiger partial charge < -0.3 is 0 Å². The Labute approximate surface area is 198 Å². The van der Waals surface area contributed by atoms with Crippen molar-refractivity contribution in [1.29, 1.82) is 0 Å². The van der Waals surface area contributed by atoms with Gasteiger partial charge in [0.1, 0.15) is 0 Å². The molecule has 0 amide bonds. The number of benzene rings is 4. The van der Waals surface area contributed by atoms with Crippen LogP contribution in [0, 0.1) is 48.5 Å². The van der Waals surface area contributed by atoms with Crippen LogP contribution < -0.4 is 14.3 Å². The number of hydrogen-bond acceptors (Lipinski definition) is 0. The molecule has 0 fully saturated rings. The quantitative estimate of drug-likeness (QED) is 0.321. The molecule has 4 aromatic carbocycles. The first-order valence-corrected chi connectivity index (χ1v) is 17.2. The van der Waals surface area contributed by atoms with Crippen molar-refractivity contribution in [3.8, 4) is 0 Å². The Balaban J connectivity index is 2.32. The van der Waals surface area contributed by atoms with Gasteiger partial charge in [0.25, 0.3) is 0 Å². The van der Waals surface area contributed by atoms with Gasteiger partial charge in [-0.2, -0.15) is 0 Å². The molecule has 0 bridgehead atoms. The number of aryl methyl sites for hydroxylation is 6. The summed E-state index contributed by atoms with van der Waals surface area (Å²) in [5, 5.41) is 0. The van der Waals surface area contributed by atoms with Gasteiger partial charge >= 0.3 is 199 Å². The molecule has 4 rings (SSSR count). The molecule has 0 nitrogen and oxygen atoms in total. The molecular weight excluding hydrogens is 491 g/mol. The fourth-order valence-electron chi connectivity index (χ4n) is 5.30. The molecule has 1 heteroatoms. The van der Waals surface area contributed by atoms with Gasteiger partial charge in [0, 0.05) is 0 Å². The number of rotatable bonds is 4. The molecule has 0 atom stereocenters. The second-order valence-corrected chi connectivity index (χ2v) is 20.0. The minimum atomic E-state index is -3.67. The Morgan fingerprint density at radius 3 is 1.47 bits per heavy atom. The van der Waals surface area contributed by atoms with E-state index in [-0.39, 0.29) is 0 Å².